The van der Waals surface area contributed by atoms with Crippen molar-refractivity contribution in [2.75, 3.05) is 45.6 Å². The molecule has 1 unspecified atom stereocenters. The maximum Gasteiger partial charge on any atom is 0.426 e. The highest BCUT2D eigenvalue weighted by atomic mass is 35.5. The van der Waals surface area contributed by atoms with Crippen LogP contribution in [0.5, 0.6) is 0 Å². The van der Waals surface area contributed by atoms with Gasteiger partial charge in [-0.25, -0.2) is 0 Å². The summed E-state index contributed by atoms with van der Waals surface area (Å²) in [6, 6.07) is 5.62. The normalized spacial score (nSPS) is 22.2. The lowest BCUT2D eigenvalue weighted by atomic mass is 9.71. The van der Waals surface area contributed by atoms with E-state index in [1.165, 1.54) is 9.80 Å². The average molecular weight is 517 g/mol. The summed E-state index contributed by atoms with van der Waals surface area (Å²) < 4.78 is 41.0. The largest absolute Gasteiger partial charge is 0.426 e. The number of nitrogens with zero attached hydrogens (tertiary/aromatic N) is 3. The smallest absolute Gasteiger partial charge is 0.380 e. The fraction of sp³-hybridized carbons (Fsp3) is 0.667. The molecule has 1 aromatic rings. The standard InChI is InChI=1S/C24H32ClF3N4O3/c1-30(2)21(33)19-7-6-16(12-20(19)25)29-17-13-32(14-17)18-8-10-31(11-9-18)22(34)23(35,24(26,27)28)15-4-3-5-15/h6-7,12,15,17-18,29,35H,3-5,8-11,13-14H2,1-2H3. The molecule has 2 heterocycles. The minimum atomic E-state index is -4.97. The molecular formula is C24H32ClF3N4O3. The number of aliphatic hydroxyl groups is 1. The van der Waals surface area contributed by atoms with E-state index in [4.69, 9.17) is 11.6 Å². The van der Waals surface area contributed by atoms with Gasteiger partial charge in [-0.1, -0.05) is 18.0 Å². The number of carbonyl (C=O) groups excluding carboxylic acids is 2. The molecule has 35 heavy (non-hydrogen) atoms. The lowest BCUT2D eigenvalue weighted by molar-refractivity contribution is -0.280. The van der Waals surface area contributed by atoms with Crippen LogP contribution in [0.2, 0.25) is 5.02 Å². The molecule has 1 saturated carbocycles. The first-order chi connectivity index (χ1) is 16.4. The average Bonchev–Trinajstić information content (AvgIpc) is 2.73. The zero-order valence-corrected chi connectivity index (χ0v) is 20.7. The van der Waals surface area contributed by atoms with Crippen LogP contribution in [0.4, 0.5) is 18.9 Å². The Morgan fingerprint density at radius 2 is 1.74 bits per heavy atom. The van der Waals surface area contributed by atoms with Gasteiger partial charge in [-0.05, 0) is 43.9 Å². The Balaban J connectivity index is 1.26. The van der Waals surface area contributed by atoms with Crippen LogP contribution in [0.15, 0.2) is 18.2 Å². The third-order valence-corrected chi connectivity index (χ3v) is 7.92. The minimum absolute atomic E-state index is 0.164. The summed E-state index contributed by atoms with van der Waals surface area (Å²) in [6.45, 7) is 1.95. The predicted octanol–water partition coefficient (Wildman–Crippen LogP) is 3.22. The molecule has 1 aromatic carbocycles. The number of nitrogens with one attached hydrogen (secondary N) is 1. The van der Waals surface area contributed by atoms with Gasteiger partial charge in [0.05, 0.1) is 16.6 Å². The number of amides is 2. The van der Waals surface area contributed by atoms with Gasteiger partial charge < -0.3 is 20.2 Å². The second-order valence-corrected chi connectivity index (χ2v) is 10.5. The van der Waals surface area contributed by atoms with E-state index >= 15 is 0 Å². The second kappa shape index (κ2) is 9.78. The van der Waals surface area contributed by atoms with Gasteiger partial charge in [0.25, 0.3) is 11.8 Å². The minimum Gasteiger partial charge on any atom is -0.380 e. The van der Waals surface area contributed by atoms with Crippen LogP contribution in [0, 0.1) is 5.92 Å². The summed E-state index contributed by atoms with van der Waals surface area (Å²) in [6.07, 6.45) is -2.77. The highest BCUT2D eigenvalue weighted by Gasteiger charge is 2.65. The van der Waals surface area contributed by atoms with Crippen molar-refractivity contribution in [3.8, 4) is 0 Å². The van der Waals surface area contributed by atoms with Gasteiger partial charge in [-0.2, -0.15) is 13.2 Å². The van der Waals surface area contributed by atoms with E-state index in [9.17, 15) is 27.9 Å². The first-order valence-electron chi connectivity index (χ1n) is 12.0. The zero-order valence-electron chi connectivity index (χ0n) is 19.9. The van der Waals surface area contributed by atoms with Crippen LogP contribution in [-0.4, -0.2) is 95.8 Å². The van der Waals surface area contributed by atoms with Crippen molar-refractivity contribution in [2.45, 2.75) is 56.0 Å². The lowest BCUT2D eigenvalue weighted by Gasteiger charge is -2.49. The fourth-order valence-corrected chi connectivity index (χ4v) is 5.45. The molecule has 1 atom stereocenters. The number of benzene rings is 1. The van der Waals surface area contributed by atoms with Gasteiger partial charge in [-0.3, -0.25) is 14.5 Å². The van der Waals surface area contributed by atoms with Crippen molar-refractivity contribution >= 4 is 29.1 Å². The molecule has 2 N–H and O–H groups in total. The molecule has 7 nitrogen and oxygen atoms in total. The Kier molecular flexibility index (Phi) is 7.28. The number of anilines is 1. The Hall–Kier alpha value is -2.04. The molecule has 0 bridgehead atoms. The zero-order chi connectivity index (χ0) is 25.5. The van der Waals surface area contributed by atoms with E-state index in [-0.39, 0.29) is 43.9 Å². The van der Waals surface area contributed by atoms with E-state index in [0.717, 1.165) is 18.8 Å². The van der Waals surface area contributed by atoms with Crippen molar-refractivity contribution in [2.24, 2.45) is 5.92 Å². The number of carbonyl (C=O) groups is 2. The Morgan fingerprint density at radius 3 is 2.23 bits per heavy atom. The molecule has 4 rings (SSSR count). The van der Waals surface area contributed by atoms with Crippen LogP contribution in [0.3, 0.4) is 0 Å². The Bertz CT molecular complexity index is 958. The molecule has 3 fully saturated rings. The van der Waals surface area contributed by atoms with Gasteiger partial charge in [-0.15, -0.1) is 0 Å². The fourth-order valence-electron chi connectivity index (χ4n) is 5.19. The van der Waals surface area contributed by atoms with Crippen molar-refractivity contribution in [1.82, 2.24) is 14.7 Å². The van der Waals surface area contributed by atoms with Crippen molar-refractivity contribution in [1.29, 1.82) is 0 Å². The van der Waals surface area contributed by atoms with E-state index in [1.807, 2.05) is 6.07 Å². The number of likely N-dealkylation sites (tertiary alicyclic amines) is 2. The highest BCUT2D eigenvalue weighted by Crippen LogP contribution is 2.46. The summed E-state index contributed by atoms with van der Waals surface area (Å²) in [5.41, 5.74) is -2.01. The summed E-state index contributed by atoms with van der Waals surface area (Å²) in [4.78, 5) is 29.8. The third-order valence-electron chi connectivity index (χ3n) is 7.61. The van der Waals surface area contributed by atoms with E-state index in [2.05, 4.69) is 10.2 Å². The first-order valence-corrected chi connectivity index (χ1v) is 12.4. The van der Waals surface area contributed by atoms with Crippen LogP contribution in [0.25, 0.3) is 0 Å². The third kappa shape index (κ3) is 4.97. The van der Waals surface area contributed by atoms with Gasteiger partial charge in [0, 0.05) is 57.9 Å². The van der Waals surface area contributed by atoms with Crippen molar-refractivity contribution < 1.29 is 27.9 Å². The van der Waals surface area contributed by atoms with Gasteiger partial charge in [0.2, 0.25) is 5.60 Å². The molecule has 0 radical (unpaired) electrons. The summed E-state index contributed by atoms with van der Waals surface area (Å²) in [7, 11) is 3.33. The highest BCUT2D eigenvalue weighted by molar-refractivity contribution is 6.34. The number of rotatable bonds is 6. The van der Waals surface area contributed by atoms with Gasteiger partial charge >= 0.3 is 6.18 Å². The predicted molar refractivity (Wildman–Crippen MR) is 126 cm³/mol. The maximum atomic E-state index is 13.7. The van der Waals surface area contributed by atoms with Crippen LogP contribution >= 0.6 is 11.6 Å². The van der Waals surface area contributed by atoms with Crippen LogP contribution in [-0.2, 0) is 4.79 Å². The van der Waals surface area contributed by atoms with Crippen LogP contribution < -0.4 is 5.32 Å². The summed E-state index contributed by atoms with van der Waals surface area (Å²) >= 11 is 6.28. The second-order valence-electron chi connectivity index (χ2n) is 10.1. The molecule has 3 aliphatic rings. The molecule has 2 saturated heterocycles. The monoisotopic (exact) mass is 516 g/mol. The molecule has 2 amide bonds. The Morgan fingerprint density at radius 1 is 1.11 bits per heavy atom. The molecule has 11 heteroatoms. The van der Waals surface area contributed by atoms with Crippen molar-refractivity contribution in [3.63, 3.8) is 0 Å². The van der Waals surface area contributed by atoms with E-state index in [0.29, 0.717) is 29.8 Å². The topological polar surface area (TPSA) is 76.1 Å². The number of alkyl halides is 3. The van der Waals surface area contributed by atoms with Gasteiger partial charge in [0.1, 0.15) is 0 Å². The van der Waals surface area contributed by atoms with E-state index < -0.39 is 23.6 Å². The number of piperidine rings is 1. The molecule has 1 aliphatic carbocycles. The first kappa shape index (κ1) is 26.0. The summed E-state index contributed by atoms with van der Waals surface area (Å²) in [5.74, 6) is -2.40. The quantitative estimate of drug-likeness (QED) is 0.607. The Labute approximate surface area is 208 Å². The number of hydrogen-bond donors (Lipinski definition) is 2. The SMILES string of the molecule is CN(C)C(=O)c1ccc(NC2CN(C3CCN(C(=O)C(O)(C4CCC4)C(F)(F)F)CC3)C2)cc1Cl. The molecule has 0 spiro atoms. The molecular weight excluding hydrogens is 485 g/mol. The van der Waals surface area contributed by atoms with Crippen molar-refractivity contribution in [3.05, 3.63) is 28.8 Å². The summed E-state index contributed by atoms with van der Waals surface area (Å²) in [5, 5.41) is 14.2. The maximum absolute atomic E-state index is 13.7. The molecule has 0 aromatic heterocycles. The van der Waals surface area contributed by atoms with Crippen LogP contribution in [0.1, 0.15) is 42.5 Å². The molecule has 194 valence electrons. The van der Waals surface area contributed by atoms with E-state index in [1.54, 1.807) is 26.2 Å². The number of halogens is 4. The lowest BCUT2D eigenvalue weighted by Crippen LogP contribution is -2.66. The van der Waals surface area contributed by atoms with Gasteiger partial charge in [0.15, 0.2) is 0 Å². The molecule has 2 aliphatic heterocycles. The number of hydrogen-bond acceptors (Lipinski definition) is 5.